The largest absolute Gasteiger partial charge is 0.480 e. The van der Waals surface area contributed by atoms with Gasteiger partial charge in [0.25, 0.3) is 11.8 Å². The van der Waals surface area contributed by atoms with Crippen molar-refractivity contribution in [3.63, 3.8) is 0 Å². The number of carbonyl (C=O) groups is 4. The predicted molar refractivity (Wildman–Crippen MR) is 103 cm³/mol. The molecule has 0 aromatic heterocycles. The van der Waals surface area contributed by atoms with E-state index in [1.54, 1.807) is 24.3 Å². The lowest BCUT2D eigenvalue weighted by Gasteiger charge is -2.41. The molecule has 3 atom stereocenters. The third-order valence-corrected chi connectivity index (χ3v) is 6.01. The first-order chi connectivity index (χ1) is 14.5. The maximum Gasteiger partial charge on any atom is 0.328 e. The summed E-state index contributed by atoms with van der Waals surface area (Å²) < 4.78 is 5.51. The SMILES string of the molecule is O=C(O)[C@@H]1COC[C@@H]2c3ccccc3C[C@H](N3C(=O)c4ccccc4C3=O)C(=O)N21. The third-order valence-electron chi connectivity index (χ3n) is 6.01. The van der Waals surface area contributed by atoms with Crippen LogP contribution in [0.4, 0.5) is 0 Å². The molecule has 5 rings (SSSR count). The van der Waals surface area contributed by atoms with E-state index < -0.39 is 41.8 Å². The summed E-state index contributed by atoms with van der Waals surface area (Å²) >= 11 is 0. The van der Waals surface area contributed by atoms with Crippen LogP contribution in [-0.2, 0) is 20.7 Å². The van der Waals surface area contributed by atoms with E-state index in [2.05, 4.69) is 0 Å². The lowest BCUT2D eigenvalue weighted by Crippen LogP contribution is -2.59. The molecular weight excluding hydrogens is 388 g/mol. The van der Waals surface area contributed by atoms with Crippen LogP contribution in [0.25, 0.3) is 0 Å². The van der Waals surface area contributed by atoms with Gasteiger partial charge in [-0.25, -0.2) is 4.79 Å². The first-order valence-corrected chi connectivity index (χ1v) is 9.66. The van der Waals surface area contributed by atoms with Crippen molar-refractivity contribution < 1.29 is 29.0 Å². The monoisotopic (exact) mass is 406 g/mol. The number of morpholine rings is 1. The number of carboxylic acids is 1. The molecule has 152 valence electrons. The molecular formula is C22H18N2O6. The van der Waals surface area contributed by atoms with Crippen molar-refractivity contribution >= 4 is 23.7 Å². The molecule has 1 saturated heterocycles. The molecule has 3 heterocycles. The van der Waals surface area contributed by atoms with Crippen molar-refractivity contribution in [3.8, 4) is 0 Å². The van der Waals surface area contributed by atoms with Crippen molar-refractivity contribution in [3.05, 3.63) is 70.8 Å². The number of imide groups is 1. The van der Waals surface area contributed by atoms with E-state index in [4.69, 9.17) is 4.74 Å². The molecule has 3 amide bonds. The van der Waals surface area contributed by atoms with Gasteiger partial charge in [0.05, 0.1) is 30.4 Å². The van der Waals surface area contributed by atoms with Crippen LogP contribution in [0.5, 0.6) is 0 Å². The Morgan fingerprint density at radius 2 is 1.53 bits per heavy atom. The van der Waals surface area contributed by atoms with E-state index in [-0.39, 0.29) is 30.8 Å². The molecule has 8 nitrogen and oxygen atoms in total. The van der Waals surface area contributed by atoms with Gasteiger partial charge in [0, 0.05) is 6.42 Å². The zero-order chi connectivity index (χ0) is 21.0. The second-order valence-electron chi connectivity index (χ2n) is 7.60. The minimum Gasteiger partial charge on any atom is -0.480 e. The fourth-order valence-electron chi connectivity index (χ4n) is 4.61. The minimum atomic E-state index is -1.19. The van der Waals surface area contributed by atoms with Crippen LogP contribution in [0.15, 0.2) is 48.5 Å². The van der Waals surface area contributed by atoms with E-state index in [1.165, 1.54) is 4.90 Å². The average Bonchev–Trinajstić information content (AvgIpc) is 2.93. The van der Waals surface area contributed by atoms with Gasteiger partial charge in [-0.15, -0.1) is 0 Å². The fraction of sp³-hybridized carbons (Fsp3) is 0.273. The summed E-state index contributed by atoms with van der Waals surface area (Å²) in [5.41, 5.74) is 2.06. The number of aliphatic carboxylic acids is 1. The van der Waals surface area contributed by atoms with Crippen LogP contribution >= 0.6 is 0 Å². The quantitative estimate of drug-likeness (QED) is 0.753. The molecule has 0 radical (unpaired) electrons. The van der Waals surface area contributed by atoms with E-state index in [0.29, 0.717) is 0 Å². The number of benzene rings is 2. The number of nitrogens with zero attached hydrogens (tertiary/aromatic N) is 2. The van der Waals surface area contributed by atoms with E-state index in [1.807, 2.05) is 24.3 Å². The Kier molecular flexibility index (Phi) is 4.18. The number of hydrogen-bond donors (Lipinski definition) is 1. The lowest BCUT2D eigenvalue weighted by molar-refractivity contribution is -0.165. The molecule has 8 heteroatoms. The summed E-state index contributed by atoms with van der Waals surface area (Å²) in [6.07, 6.45) is 0.125. The van der Waals surface area contributed by atoms with Crippen LogP contribution in [0.2, 0.25) is 0 Å². The van der Waals surface area contributed by atoms with Crippen molar-refractivity contribution in [2.45, 2.75) is 24.5 Å². The summed E-state index contributed by atoms with van der Waals surface area (Å²) in [5, 5.41) is 9.71. The summed E-state index contributed by atoms with van der Waals surface area (Å²) in [7, 11) is 0. The molecule has 1 fully saturated rings. The number of hydrogen-bond acceptors (Lipinski definition) is 5. The molecule has 0 aliphatic carbocycles. The molecule has 3 aliphatic heterocycles. The van der Waals surface area contributed by atoms with Gasteiger partial charge in [-0.3, -0.25) is 19.3 Å². The summed E-state index contributed by atoms with van der Waals surface area (Å²) in [4.78, 5) is 53.9. The molecule has 0 unspecified atom stereocenters. The molecule has 0 saturated carbocycles. The standard InChI is InChI=1S/C22H18N2O6/c25-19-14-7-3-4-8-15(14)20(26)24(19)16-9-12-5-1-2-6-13(12)17-10-30-11-18(22(28)29)23(17)21(16)27/h1-8,16-18H,9-11H2,(H,28,29)/t16-,17+,18-/m0/s1. The van der Waals surface area contributed by atoms with Gasteiger partial charge in [0.1, 0.15) is 6.04 Å². The predicted octanol–water partition coefficient (Wildman–Crippen LogP) is 1.26. The van der Waals surface area contributed by atoms with Crippen molar-refractivity contribution in [1.29, 1.82) is 0 Å². The second-order valence-corrected chi connectivity index (χ2v) is 7.60. The number of ether oxygens (including phenoxy) is 1. The lowest BCUT2D eigenvalue weighted by atomic mass is 9.96. The number of carboxylic acid groups (broad SMARTS) is 1. The Balaban J connectivity index is 1.64. The summed E-state index contributed by atoms with van der Waals surface area (Å²) in [6.45, 7) is 0.00987. The highest BCUT2D eigenvalue weighted by Gasteiger charge is 2.50. The molecule has 2 aromatic carbocycles. The van der Waals surface area contributed by atoms with Crippen LogP contribution in [-0.4, -0.2) is 63.9 Å². The zero-order valence-corrected chi connectivity index (χ0v) is 15.9. The Morgan fingerprint density at radius 1 is 0.900 bits per heavy atom. The maximum absolute atomic E-state index is 13.7. The zero-order valence-electron chi connectivity index (χ0n) is 15.9. The highest BCUT2D eigenvalue weighted by molar-refractivity contribution is 6.23. The van der Waals surface area contributed by atoms with Gasteiger partial charge < -0.3 is 14.7 Å². The normalized spacial score (nSPS) is 25.5. The second kappa shape index (κ2) is 6.77. The molecule has 30 heavy (non-hydrogen) atoms. The topological polar surface area (TPSA) is 104 Å². The number of fused-ring (bicyclic) bond motifs is 4. The van der Waals surface area contributed by atoms with Gasteiger partial charge in [-0.1, -0.05) is 36.4 Å². The third kappa shape index (κ3) is 2.57. The van der Waals surface area contributed by atoms with E-state index in [9.17, 15) is 24.3 Å². The number of amides is 3. The first-order valence-electron chi connectivity index (χ1n) is 9.66. The van der Waals surface area contributed by atoms with Crippen molar-refractivity contribution in [2.75, 3.05) is 13.2 Å². The number of carbonyl (C=O) groups excluding carboxylic acids is 3. The highest BCUT2D eigenvalue weighted by Crippen LogP contribution is 2.37. The van der Waals surface area contributed by atoms with Gasteiger partial charge in [-0.2, -0.15) is 0 Å². The Morgan fingerprint density at radius 3 is 2.20 bits per heavy atom. The molecule has 1 N–H and O–H groups in total. The average molecular weight is 406 g/mol. The number of rotatable bonds is 2. The van der Waals surface area contributed by atoms with Crippen molar-refractivity contribution in [2.24, 2.45) is 0 Å². The Bertz CT molecular complexity index is 1060. The van der Waals surface area contributed by atoms with Crippen LogP contribution < -0.4 is 0 Å². The maximum atomic E-state index is 13.7. The fourth-order valence-corrected chi connectivity index (χ4v) is 4.61. The molecule has 2 aromatic rings. The van der Waals surface area contributed by atoms with Crippen LogP contribution in [0.1, 0.15) is 37.9 Å². The smallest absolute Gasteiger partial charge is 0.328 e. The minimum absolute atomic E-state index is 0.125. The molecule has 0 spiro atoms. The van der Waals surface area contributed by atoms with E-state index >= 15 is 0 Å². The molecule has 0 bridgehead atoms. The van der Waals surface area contributed by atoms with Crippen LogP contribution in [0, 0.1) is 0 Å². The summed E-state index contributed by atoms with van der Waals surface area (Å²) in [6, 6.07) is 10.8. The van der Waals surface area contributed by atoms with Gasteiger partial charge in [-0.05, 0) is 23.3 Å². The van der Waals surface area contributed by atoms with Crippen LogP contribution in [0.3, 0.4) is 0 Å². The van der Waals surface area contributed by atoms with Gasteiger partial charge in [0.15, 0.2) is 6.04 Å². The van der Waals surface area contributed by atoms with Gasteiger partial charge in [0.2, 0.25) is 5.91 Å². The van der Waals surface area contributed by atoms with Gasteiger partial charge >= 0.3 is 5.97 Å². The first kappa shape index (κ1) is 18.5. The summed E-state index contributed by atoms with van der Waals surface area (Å²) in [5.74, 6) is -2.81. The Hall–Kier alpha value is -3.52. The molecule has 3 aliphatic rings. The van der Waals surface area contributed by atoms with E-state index in [0.717, 1.165) is 16.0 Å². The Labute approximate surface area is 171 Å². The highest BCUT2D eigenvalue weighted by atomic mass is 16.5. The van der Waals surface area contributed by atoms with Crippen molar-refractivity contribution in [1.82, 2.24) is 9.80 Å².